The quantitative estimate of drug-likeness (QED) is 0.702. The largest absolute Gasteiger partial charge is 0.468 e. The van der Waals surface area contributed by atoms with Crippen molar-refractivity contribution in [3.05, 3.63) is 30.0 Å². The summed E-state index contributed by atoms with van der Waals surface area (Å²) < 4.78 is 13.7. The zero-order valence-corrected chi connectivity index (χ0v) is 16.5. The van der Waals surface area contributed by atoms with Crippen molar-refractivity contribution in [2.45, 2.75) is 77.1 Å². The second kappa shape index (κ2) is 8.52. The van der Waals surface area contributed by atoms with Gasteiger partial charge in [0, 0.05) is 13.2 Å². The van der Waals surface area contributed by atoms with Gasteiger partial charge in [-0.1, -0.05) is 26.7 Å². The minimum absolute atomic E-state index is 0.134. The van der Waals surface area contributed by atoms with E-state index in [2.05, 4.69) is 39.0 Å². The zero-order valence-electron chi connectivity index (χ0n) is 16.5. The number of nitrogens with zero attached hydrogens (tertiary/aromatic N) is 5. The Morgan fingerprint density at radius 3 is 2.74 bits per heavy atom. The summed E-state index contributed by atoms with van der Waals surface area (Å²) in [7, 11) is 0. The summed E-state index contributed by atoms with van der Waals surface area (Å²) in [5.41, 5.74) is 0. The minimum Gasteiger partial charge on any atom is -0.468 e. The Hall–Kier alpha value is -1.73. The summed E-state index contributed by atoms with van der Waals surface area (Å²) in [6.45, 7) is 6.99. The first-order chi connectivity index (χ1) is 13.2. The van der Waals surface area contributed by atoms with Crippen molar-refractivity contribution in [1.29, 1.82) is 0 Å². The molecule has 0 N–H and O–H groups in total. The molecule has 148 valence electrons. The molecule has 1 aliphatic heterocycles. The predicted molar refractivity (Wildman–Crippen MR) is 101 cm³/mol. The lowest BCUT2D eigenvalue weighted by Gasteiger charge is -2.35. The van der Waals surface area contributed by atoms with Gasteiger partial charge in [0.1, 0.15) is 5.76 Å². The van der Waals surface area contributed by atoms with E-state index in [-0.39, 0.29) is 12.1 Å². The van der Waals surface area contributed by atoms with Gasteiger partial charge in [0.25, 0.3) is 0 Å². The normalized spacial score (nSPS) is 22.3. The van der Waals surface area contributed by atoms with Gasteiger partial charge in [-0.15, -0.1) is 5.10 Å². The van der Waals surface area contributed by atoms with E-state index in [1.54, 1.807) is 6.26 Å². The monoisotopic (exact) mass is 373 g/mol. The van der Waals surface area contributed by atoms with Crippen LogP contribution in [0, 0.1) is 5.92 Å². The van der Waals surface area contributed by atoms with E-state index in [4.69, 9.17) is 9.15 Å². The van der Waals surface area contributed by atoms with Gasteiger partial charge in [-0.25, -0.2) is 4.68 Å². The maximum absolute atomic E-state index is 5.95. The Balaban J connectivity index is 1.62. The molecule has 0 spiro atoms. The molecule has 0 bridgehead atoms. The summed E-state index contributed by atoms with van der Waals surface area (Å²) in [6, 6.07) is 4.56. The topological polar surface area (TPSA) is 69.2 Å². The second-order valence-corrected chi connectivity index (χ2v) is 8.25. The van der Waals surface area contributed by atoms with E-state index in [0.29, 0.717) is 12.0 Å². The van der Waals surface area contributed by atoms with Crippen LogP contribution in [0.15, 0.2) is 22.8 Å². The van der Waals surface area contributed by atoms with Crippen LogP contribution >= 0.6 is 0 Å². The highest BCUT2D eigenvalue weighted by atomic mass is 16.5. The van der Waals surface area contributed by atoms with E-state index < -0.39 is 0 Å². The summed E-state index contributed by atoms with van der Waals surface area (Å²) >= 11 is 0. The predicted octanol–water partition coefficient (Wildman–Crippen LogP) is 3.76. The molecule has 7 nitrogen and oxygen atoms in total. The maximum atomic E-state index is 5.95. The average Bonchev–Trinajstić information content (AvgIpc) is 3.43. The molecule has 1 saturated heterocycles. The van der Waals surface area contributed by atoms with Crippen molar-refractivity contribution >= 4 is 0 Å². The average molecular weight is 374 g/mol. The minimum atomic E-state index is 0.134. The van der Waals surface area contributed by atoms with E-state index in [0.717, 1.165) is 44.1 Å². The fourth-order valence-electron chi connectivity index (χ4n) is 4.62. The van der Waals surface area contributed by atoms with Crippen LogP contribution in [0.2, 0.25) is 0 Å². The Morgan fingerprint density at radius 1 is 1.22 bits per heavy atom. The molecule has 3 heterocycles. The molecular formula is C20H31N5O2. The number of tetrazole rings is 1. The lowest BCUT2D eigenvalue weighted by Crippen LogP contribution is -2.39. The van der Waals surface area contributed by atoms with Gasteiger partial charge in [0.05, 0.1) is 31.0 Å². The van der Waals surface area contributed by atoms with Gasteiger partial charge in [-0.3, -0.25) is 4.90 Å². The van der Waals surface area contributed by atoms with E-state index >= 15 is 0 Å². The molecule has 0 radical (unpaired) electrons. The van der Waals surface area contributed by atoms with Crippen LogP contribution in [0.25, 0.3) is 0 Å². The molecular weight excluding hydrogens is 342 g/mol. The summed E-state index contributed by atoms with van der Waals surface area (Å²) in [5, 5.41) is 12.9. The third-order valence-electron chi connectivity index (χ3n) is 5.88. The van der Waals surface area contributed by atoms with Gasteiger partial charge in [-0.05, 0) is 54.2 Å². The molecule has 0 amide bonds. The molecule has 2 aromatic rings. The summed E-state index contributed by atoms with van der Waals surface area (Å²) in [6.07, 6.45) is 9.16. The van der Waals surface area contributed by atoms with Gasteiger partial charge in [0.15, 0.2) is 5.82 Å². The highest BCUT2D eigenvalue weighted by Crippen LogP contribution is 2.35. The van der Waals surface area contributed by atoms with E-state index in [1.165, 1.54) is 25.7 Å². The third-order valence-corrected chi connectivity index (χ3v) is 5.88. The van der Waals surface area contributed by atoms with E-state index in [9.17, 15) is 0 Å². The molecule has 0 unspecified atom stereocenters. The molecule has 2 aliphatic rings. The number of ether oxygens (including phenoxy) is 1. The SMILES string of the molecule is CC(C)[C@H](c1nnnn1C1CCCC1)N(Cc1ccco1)C[C@@H]1CCCO1. The lowest BCUT2D eigenvalue weighted by atomic mass is 10.00. The molecule has 2 atom stereocenters. The molecule has 27 heavy (non-hydrogen) atoms. The second-order valence-electron chi connectivity index (χ2n) is 8.25. The van der Waals surface area contributed by atoms with Gasteiger partial charge < -0.3 is 9.15 Å². The number of aromatic nitrogens is 4. The van der Waals surface area contributed by atoms with Crippen LogP contribution in [0.5, 0.6) is 0 Å². The van der Waals surface area contributed by atoms with Crippen LogP contribution in [0.1, 0.15) is 76.0 Å². The molecule has 2 fully saturated rings. The highest BCUT2D eigenvalue weighted by Gasteiger charge is 2.34. The van der Waals surface area contributed by atoms with Gasteiger partial charge in [0.2, 0.25) is 0 Å². The number of furan rings is 1. The van der Waals surface area contributed by atoms with Crippen molar-refractivity contribution in [2.24, 2.45) is 5.92 Å². The molecule has 0 aromatic carbocycles. The van der Waals surface area contributed by atoms with Crippen LogP contribution in [0.3, 0.4) is 0 Å². The zero-order chi connectivity index (χ0) is 18.6. The first-order valence-corrected chi connectivity index (χ1v) is 10.4. The van der Waals surface area contributed by atoms with Crippen molar-refractivity contribution in [2.75, 3.05) is 13.2 Å². The molecule has 4 rings (SSSR count). The van der Waals surface area contributed by atoms with Crippen molar-refractivity contribution in [3.8, 4) is 0 Å². The van der Waals surface area contributed by atoms with Crippen molar-refractivity contribution in [1.82, 2.24) is 25.1 Å². The Bertz CT molecular complexity index is 687. The van der Waals surface area contributed by atoms with Crippen LogP contribution < -0.4 is 0 Å². The third kappa shape index (κ3) is 4.24. The van der Waals surface area contributed by atoms with Gasteiger partial charge >= 0.3 is 0 Å². The van der Waals surface area contributed by atoms with Crippen molar-refractivity contribution < 1.29 is 9.15 Å². The molecule has 2 aromatic heterocycles. The highest BCUT2D eigenvalue weighted by molar-refractivity contribution is 5.03. The smallest absolute Gasteiger partial charge is 0.168 e. The van der Waals surface area contributed by atoms with Crippen LogP contribution in [-0.4, -0.2) is 44.4 Å². The first kappa shape index (κ1) is 18.6. The maximum Gasteiger partial charge on any atom is 0.168 e. The Kier molecular flexibility index (Phi) is 5.88. The standard InChI is InChI=1S/C20H31N5O2/c1-15(2)19(20-21-22-23-25(20)16-7-3-4-8-16)24(13-17-9-5-11-26-17)14-18-10-6-12-27-18/h5,9,11,15-16,18-19H,3-4,6-8,10,12-14H2,1-2H3/t18-,19+/m0/s1. The molecule has 1 saturated carbocycles. The van der Waals surface area contributed by atoms with Gasteiger partial charge in [-0.2, -0.15) is 0 Å². The summed E-state index contributed by atoms with van der Waals surface area (Å²) in [5.74, 6) is 2.34. The number of hydrogen-bond donors (Lipinski definition) is 0. The fraction of sp³-hybridized carbons (Fsp3) is 0.750. The Morgan fingerprint density at radius 2 is 2.07 bits per heavy atom. The number of rotatable bonds is 8. The molecule has 7 heteroatoms. The Labute approximate surface area is 161 Å². The molecule has 1 aliphatic carbocycles. The van der Waals surface area contributed by atoms with Crippen LogP contribution in [-0.2, 0) is 11.3 Å². The van der Waals surface area contributed by atoms with Crippen molar-refractivity contribution in [3.63, 3.8) is 0 Å². The fourth-order valence-corrected chi connectivity index (χ4v) is 4.62. The first-order valence-electron chi connectivity index (χ1n) is 10.4. The number of hydrogen-bond acceptors (Lipinski definition) is 6. The lowest BCUT2D eigenvalue weighted by molar-refractivity contribution is 0.0348. The van der Waals surface area contributed by atoms with E-state index in [1.807, 2.05) is 12.1 Å². The summed E-state index contributed by atoms with van der Waals surface area (Å²) in [4.78, 5) is 2.45. The van der Waals surface area contributed by atoms with Crippen LogP contribution in [0.4, 0.5) is 0 Å².